The van der Waals surface area contributed by atoms with Crippen molar-refractivity contribution in [2.45, 2.75) is 123 Å². The molecule has 0 aromatic carbocycles. The maximum Gasteiger partial charge on any atom is -0.0179 e. The van der Waals surface area contributed by atoms with E-state index in [4.69, 9.17) is 0 Å². The molecule has 0 spiro atoms. The summed E-state index contributed by atoms with van der Waals surface area (Å²) in [5.41, 5.74) is 0. The van der Waals surface area contributed by atoms with Crippen molar-refractivity contribution in [2.24, 2.45) is 0 Å². The van der Waals surface area contributed by atoms with E-state index in [0.29, 0.717) is 5.16 Å². The van der Waals surface area contributed by atoms with Crippen LogP contribution in [0.3, 0.4) is 0 Å². The van der Waals surface area contributed by atoms with E-state index < -0.39 is 0 Å². The van der Waals surface area contributed by atoms with Gasteiger partial charge in [-0.05, 0) is 24.2 Å². The third-order valence-electron chi connectivity index (χ3n) is 4.51. The van der Waals surface area contributed by atoms with Crippen molar-refractivity contribution in [2.75, 3.05) is 6.16 Å². The molecule has 128 valence electrons. The van der Waals surface area contributed by atoms with E-state index in [1.54, 1.807) is 0 Å². The minimum Gasteiger partial charge on any atom is -0.116 e. The topological polar surface area (TPSA) is 0 Å². The molecule has 0 N–H and O–H groups in total. The minimum atomic E-state index is 0.618. The molecule has 0 nitrogen and oxygen atoms in total. The summed E-state index contributed by atoms with van der Waals surface area (Å²) >= 11 is 0. The highest BCUT2D eigenvalue weighted by Crippen LogP contribution is 2.36. The van der Waals surface area contributed by atoms with Crippen LogP contribution in [0.4, 0.5) is 0 Å². The summed E-state index contributed by atoms with van der Waals surface area (Å²) in [7, 11) is 1.18. The molecule has 0 saturated carbocycles. The molecule has 0 bridgehead atoms. The molecule has 0 heterocycles. The largest absolute Gasteiger partial charge is 0.116 e. The standard InChI is InChI=1S/C20H43P/c1-5-7-8-9-10-11-12-13-14-15-16-17-19-21-20(3,4)18-6-2/h21H,5-19H2,1-4H3. The van der Waals surface area contributed by atoms with Crippen LogP contribution in [0.2, 0.25) is 0 Å². The van der Waals surface area contributed by atoms with Gasteiger partial charge >= 0.3 is 0 Å². The zero-order valence-electron chi connectivity index (χ0n) is 15.6. The molecular weight excluding hydrogens is 271 g/mol. The quantitative estimate of drug-likeness (QED) is 0.200. The highest BCUT2D eigenvalue weighted by molar-refractivity contribution is 7.39. The van der Waals surface area contributed by atoms with E-state index in [1.807, 2.05) is 0 Å². The van der Waals surface area contributed by atoms with Gasteiger partial charge in [0.25, 0.3) is 0 Å². The van der Waals surface area contributed by atoms with Crippen LogP contribution in [0.25, 0.3) is 0 Å². The zero-order valence-corrected chi connectivity index (χ0v) is 16.6. The van der Waals surface area contributed by atoms with E-state index >= 15 is 0 Å². The van der Waals surface area contributed by atoms with Crippen molar-refractivity contribution in [1.29, 1.82) is 0 Å². The van der Waals surface area contributed by atoms with Crippen molar-refractivity contribution in [3.8, 4) is 0 Å². The smallest absolute Gasteiger partial charge is 0.0179 e. The van der Waals surface area contributed by atoms with Crippen molar-refractivity contribution in [1.82, 2.24) is 0 Å². The molecule has 0 fully saturated rings. The first kappa shape index (κ1) is 21.4. The lowest BCUT2D eigenvalue weighted by Gasteiger charge is -2.23. The van der Waals surface area contributed by atoms with Crippen LogP contribution in [-0.4, -0.2) is 11.3 Å². The second kappa shape index (κ2) is 15.3. The van der Waals surface area contributed by atoms with Gasteiger partial charge in [-0.25, -0.2) is 0 Å². The molecule has 0 saturated heterocycles. The van der Waals surface area contributed by atoms with Gasteiger partial charge in [0.05, 0.1) is 0 Å². The summed E-state index contributed by atoms with van der Waals surface area (Å²) in [5, 5.41) is 0.618. The summed E-state index contributed by atoms with van der Waals surface area (Å²) in [5.74, 6) is 0. The number of hydrogen-bond acceptors (Lipinski definition) is 0. The van der Waals surface area contributed by atoms with Crippen LogP contribution in [-0.2, 0) is 0 Å². The third-order valence-corrected chi connectivity index (χ3v) is 6.32. The molecule has 0 aliphatic rings. The van der Waals surface area contributed by atoms with E-state index in [-0.39, 0.29) is 0 Å². The van der Waals surface area contributed by atoms with Crippen LogP contribution in [0.1, 0.15) is 118 Å². The molecule has 0 aliphatic heterocycles. The fourth-order valence-electron chi connectivity index (χ4n) is 3.11. The normalized spacial score (nSPS) is 12.6. The fourth-order valence-corrected chi connectivity index (χ4v) is 4.64. The predicted molar refractivity (Wildman–Crippen MR) is 103 cm³/mol. The van der Waals surface area contributed by atoms with Gasteiger partial charge in [-0.3, -0.25) is 0 Å². The monoisotopic (exact) mass is 314 g/mol. The maximum atomic E-state index is 2.45. The summed E-state index contributed by atoms with van der Waals surface area (Å²) in [6.07, 6.45) is 21.8. The molecule has 0 amide bonds. The molecule has 0 aromatic rings. The maximum absolute atomic E-state index is 2.45. The Bertz CT molecular complexity index is 198. The Balaban J connectivity index is 3.12. The lowest BCUT2D eigenvalue weighted by Crippen LogP contribution is -2.12. The molecule has 1 heteroatoms. The summed E-state index contributed by atoms with van der Waals surface area (Å²) in [6.45, 7) is 9.52. The number of rotatable bonds is 16. The van der Waals surface area contributed by atoms with Crippen LogP contribution in [0, 0.1) is 0 Å². The third kappa shape index (κ3) is 16.6. The number of unbranched alkanes of at least 4 members (excludes halogenated alkanes) is 11. The Hall–Kier alpha value is 0.430. The van der Waals surface area contributed by atoms with Gasteiger partial charge in [0, 0.05) is 0 Å². The first-order chi connectivity index (χ1) is 10.1. The first-order valence-corrected chi connectivity index (χ1v) is 11.1. The predicted octanol–water partition coefficient (Wildman–Crippen LogP) is 7.94. The van der Waals surface area contributed by atoms with Crippen LogP contribution < -0.4 is 0 Å². The molecule has 1 atom stereocenters. The summed E-state index contributed by atoms with van der Waals surface area (Å²) < 4.78 is 0. The van der Waals surface area contributed by atoms with Crippen LogP contribution in [0.5, 0.6) is 0 Å². The SMILES string of the molecule is CCCCCCCCCCCCCCPC(C)(C)CCC. The van der Waals surface area contributed by atoms with Gasteiger partial charge in [0.2, 0.25) is 0 Å². The Morgan fingerprint density at radius 1 is 0.571 bits per heavy atom. The van der Waals surface area contributed by atoms with Crippen LogP contribution >= 0.6 is 8.58 Å². The van der Waals surface area contributed by atoms with Gasteiger partial charge < -0.3 is 0 Å². The van der Waals surface area contributed by atoms with Crippen LogP contribution in [0.15, 0.2) is 0 Å². The van der Waals surface area contributed by atoms with Crippen molar-refractivity contribution in [3.63, 3.8) is 0 Å². The molecule has 0 radical (unpaired) electrons. The van der Waals surface area contributed by atoms with E-state index in [2.05, 4.69) is 27.7 Å². The molecule has 1 unspecified atom stereocenters. The zero-order chi connectivity index (χ0) is 15.8. The molecule has 0 rings (SSSR count). The second-order valence-electron chi connectivity index (χ2n) is 7.45. The minimum absolute atomic E-state index is 0.618. The Labute approximate surface area is 138 Å². The molecule has 0 aromatic heterocycles. The van der Waals surface area contributed by atoms with Crippen molar-refractivity contribution in [3.05, 3.63) is 0 Å². The Kier molecular flexibility index (Phi) is 15.6. The highest BCUT2D eigenvalue weighted by atomic mass is 31.1. The van der Waals surface area contributed by atoms with Gasteiger partial charge in [0.15, 0.2) is 0 Å². The van der Waals surface area contributed by atoms with Gasteiger partial charge in [-0.1, -0.05) is 105 Å². The molecule has 0 aliphatic carbocycles. The Morgan fingerprint density at radius 3 is 1.43 bits per heavy atom. The molecule has 21 heavy (non-hydrogen) atoms. The first-order valence-electron chi connectivity index (χ1n) is 9.87. The fraction of sp³-hybridized carbons (Fsp3) is 1.00. The lowest BCUT2D eigenvalue weighted by atomic mass is 10.1. The van der Waals surface area contributed by atoms with E-state index in [1.165, 1.54) is 105 Å². The highest BCUT2D eigenvalue weighted by Gasteiger charge is 2.15. The van der Waals surface area contributed by atoms with E-state index in [9.17, 15) is 0 Å². The average Bonchev–Trinajstić information content (AvgIpc) is 2.44. The van der Waals surface area contributed by atoms with Gasteiger partial charge in [-0.2, -0.15) is 0 Å². The van der Waals surface area contributed by atoms with E-state index in [0.717, 1.165) is 0 Å². The summed E-state index contributed by atoms with van der Waals surface area (Å²) in [4.78, 5) is 0. The second-order valence-corrected chi connectivity index (χ2v) is 9.66. The van der Waals surface area contributed by atoms with Crippen molar-refractivity contribution >= 4 is 8.58 Å². The lowest BCUT2D eigenvalue weighted by molar-refractivity contribution is 0.548. The Morgan fingerprint density at radius 2 is 1.00 bits per heavy atom. The number of hydrogen-bond donors (Lipinski definition) is 0. The van der Waals surface area contributed by atoms with Gasteiger partial charge in [0.1, 0.15) is 0 Å². The van der Waals surface area contributed by atoms with Gasteiger partial charge in [-0.15, -0.1) is 8.58 Å². The van der Waals surface area contributed by atoms with Crippen molar-refractivity contribution < 1.29 is 0 Å². The molecular formula is C20H43P. The average molecular weight is 315 g/mol. The summed E-state index contributed by atoms with van der Waals surface area (Å²) in [6, 6.07) is 0.